The number of nitrogens with two attached hydrogens (primary N) is 1. The largest absolute Gasteiger partial charge is 0.434 e. The molecule has 0 aliphatic rings. The van der Waals surface area contributed by atoms with Gasteiger partial charge in [-0.15, -0.1) is 0 Å². The third-order valence-electron chi connectivity index (χ3n) is 2.43. The Morgan fingerprint density at radius 3 is 2.71 bits per heavy atom. The zero-order valence-electron chi connectivity index (χ0n) is 9.83. The van der Waals surface area contributed by atoms with Gasteiger partial charge in [-0.05, 0) is 32.5 Å². The third kappa shape index (κ3) is 4.66. The van der Waals surface area contributed by atoms with Crippen LogP contribution in [0.15, 0.2) is 24.3 Å². The molecule has 17 heavy (non-hydrogen) atoms. The van der Waals surface area contributed by atoms with Crippen LogP contribution in [0.4, 0.5) is 8.78 Å². The van der Waals surface area contributed by atoms with Crippen LogP contribution in [0.2, 0.25) is 0 Å². The summed E-state index contributed by atoms with van der Waals surface area (Å²) in [7, 11) is 0. The molecule has 0 aromatic heterocycles. The summed E-state index contributed by atoms with van der Waals surface area (Å²) in [5.41, 5.74) is 6.11. The smallest absolute Gasteiger partial charge is 0.387 e. The number of rotatable bonds is 7. The number of halogens is 2. The SMILES string of the molecule is CC(NCCCN)c1ccccc1OC(F)F. The maximum absolute atomic E-state index is 12.2. The molecule has 0 bridgehead atoms. The molecule has 1 rings (SSSR count). The first kappa shape index (κ1) is 13.9. The predicted molar refractivity (Wildman–Crippen MR) is 63.2 cm³/mol. The fraction of sp³-hybridized carbons (Fsp3) is 0.500. The number of nitrogens with one attached hydrogen (secondary N) is 1. The minimum atomic E-state index is -2.80. The van der Waals surface area contributed by atoms with Crippen molar-refractivity contribution in [3.63, 3.8) is 0 Å². The zero-order valence-corrected chi connectivity index (χ0v) is 9.83. The van der Waals surface area contributed by atoms with Gasteiger partial charge < -0.3 is 15.8 Å². The first-order chi connectivity index (χ1) is 8.15. The van der Waals surface area contributed by atoms with E-state index in [-0.39, 0.29) is 11.8 Å². The second-order valence-electron chi connectivity index (χ2n) is 3.73. The Morgan fingerprint density at radius 1 is 1.35 bits per heavy atom. The molecule has 1 aromatic carbocycles. The number of ether oxygens (including phenoxy) is 1. The van der Waals surface area contributed by atoms with E-state index in [9.17, 15) is 8.78 Å². The zero-order chi connectivity index (χ0) is 12.7. The van der Waals surface area contributed by atoms with Crippen molar-refractivity contribution in [3.05, 3.63) is 29.8 Å². The van der Waals surface area contributed by atoms with E-state index in [0.29, 0.717) is 6.54 Å². The van der Waals surface area contributed by atoms with Gasteiger partial charge in [0.15, 0.2) is 0 Å². The Morgan fingerprint density at radius 2 is 2.06 bits per heavy atom. The topological polar surface area (TPSA) is 47.3 Å². The Labute approximate surface area is 100.0 Å². The summed E-state index contributed by atoms with van der Waals surface area (Å²) in [5, 5.41) is 3.21. The van der Waals surface area contributed by atoms with Crippen LogP contribution in [0.3, 0.4) is 0 Å². The van der Waals surface area contributed by atoms with Gasteiger partial charge in [0.25, 0.3) is 0 Å². The Hall–Kier alpha value is -1.20. The molecule has 1 aromatic rings. The van der Waals surface area contributed by atoms with Gasteiger partial charge in [-0.1, -0.05) is 18.2 Å². The van der Waals surface area contributed by atoms with Crippen LogP contribution in [0.25, 0.3) is 0 Å². The molecule has 0 radical (unpaired) electrons. The summed E-state index contributed by atoms with van der Waals surface area (Å²) >= 11 is 0. The normalized spacial score (nSPS) is 12.8. The second-order valence-corrected chi connectivity index (χ2v) is 3.73. The summed E-state index contributed by atoms with van der Waals surface area (Å²) in [6, 6.07) is 6.75. The van der Waals surface area contributed by atoms with E-state index < -0.39 is 6.61 Å². The summed E-state index contributed by atoms with van der Waals surface area (Å²) in [4.78, 5) is 0. The second kappa shape index (κ2) is 7.19. The highest BCUT2D eigenvalue weighted by Gasteiger charge is 2.13. The molecule has 3 nitrogen and oxygen atoms in total. The average Bonchev–Trinajstić information content (AvgIpc) is 2.29. The van der Waals surface area contributed by atoms with Crippen molar-refractivity contribution in [2.45, 2.75) is 26.0 Å². The molecule has 0 aliphatic carbocycles. The van der Waals surface area contributed by atoms with E-state index in [1.807, 2.05) is 6.92 Å². The number of hydrogen-bond acceptors (Lipinski definition) is 3. The number of benzene rings is 1. The molecule has 0 saturated carbocycles. The van der Waals surface area contributed by atoms with Gasteiger partial charge in [0.1, 0.15) is 5.75 Å². The lowest BCUT2D eigenvalue weighted by molar-refractivity contribution is -0.0506. The highest BCUT2D eigenvalue weighted by Crippen LogP contribution is 2.26. The number of alkyl halides is 2. The van der Waals surface area contributed by atoms with Crippen molar-refractivity contribution in [1.82, 2.24) is 5.32 Å². The van der Waals surface area contributed by atoms with Crippen LogP contribution in [-0.2, 0) is 0 Å². The highest BCUT2D eigenvalue weighted by atomic mass is 19.3. The van der Waals surface area contributed by atoms with E-state index >= 15 is 0 Å². The van der Waals surface area contributed by atoms with Crippen molar-refractivity contribution < 1.29 is 13.5 Å². The van der Waals surface area contributed by atoms with E-state index in [1.165, 1.54) is 0 Å². The lowest BCUT2D eigenvalue weighted by Crippen LogP contribution is -2.22. The first-order valence-electron chi connectivity index (χ1n) is 5.62. The highest BCUT2D eigenvalue weighted by molar-refractivity contribution is 5.35. The van der Waals surface area contributed by atoms with Gasteiger partial charge in [-0.25, -0.2) is 0 Å². The molecule has 0 heterocycles. The van der Waals surface area contributed by atoms with Crippen molar-refractivity contribution in [3.8, 4) is 5.75 Å². The molecule has 1 atom stereocenters. The number of para-hydroxylation sites is 1. The molecule has 0 spiro atoms. The summed E-state index contributed by atoms with van der Waals surface area (Å²) in [5.74, 6) is 0.218. The third-order valence-corrected chi connectivity index (χ3v) is 2.43. The molecule has 3 N–H and O–H groups in total. The molecule has 5 heteroatoms. The maximum atomic E-state index is 12.2. The predicted octanol–water partition coefficient (Wildman–Crippen LogP) is 2.29. The van der Waals surface area contributed by atoms with Crippen LogP contribution in [0.5, 0.6) is 5.75 Å². The Balaban J connectivity index is 2.67. The van der Waals surface area contributed by atoms with Gasteiger partial charge in [-0.3, -0.25) is 0 Å². The monoisotopic (exact) mass is 244 g/mol. The van der Waals surface area contributed by atoms with Gasteiger partial charge in [0.2, 0.25) is 0 Å². The van der Waals surface area contributed by atoms with Crippen molar-refractivity contribution >= 4 is 0 Å². The molecule has 1 unspecified atom stereocenters. The number of hydrogen-bond donors (Lipinski definition) is 2. The van der Waals surface area contributed by atoms with E-state index in [0.717, 1.165) is 18.5 Å². The van der Waals surface area contributed by atoms with Crippen LogP contribution >= 0.6 is 0 Å². The molecular formula is C12H18F2N2O. The van der Waals surface area contributed by atoms with E-state index in [1.54, 1.807) is 24.3 Å². The van der Waals surface area contributed by atoms with Gasteiger partial charge in [0.05, 0.1) is 0 Å². The fourth-order valence-corrected chi connectivity index (χ4v) is 1.57. The maximum Gasteiger partial charge on any atom is 0.387 e. The minimum Gasteiger partial charge on any atom is -0.434 e. The minimum absolute atomic E-state index is 0.0449. The van der Waals surface area contributed by atoms with Crippen molar-refractivity contribution in [2.75, 3.05) is 13.1 Å². The first-order valence-corrected chi connectivity index (χ1v) is 5.62. The molecule has 96 valence electrons. The summed E-state index contributed by atoms with van der Waals surface area (Å²) < 4.78 is 28.9. The quantitative estimate of drug-likeness (QED) is 0.723. The Bertz CT molecular complexity index is 334. The van der Waals surface area contributed by atoms with Crippen molar-refractivity contribution in [1.29, 1.82) is 0 Å². The van der Waals surface area contributed by atoms with E-state index in [4.69, 9.17) is 5.73 Å². The average molecular weight is 244 g/mol. The van der Waals surface area contributed by atoms with Crippen LogP contribution in [0, 0.1) is 0 Å². The molecule has 0 amide bonds. The van der Waals surface area contributed by atoms with Crippen LogP contribution in [0.1, 0.15) is 24.9 Å². The molecule has 0 aliphatic heterocycles. The van der Waals surface area contributed by atoms with Gasteiger partial charge in [0, 0.05) is 11.6 Å². The van der Waals surface area contributed by atoms with Crippen molar-refractivity contribution in [2.24, 2.45) is 5.73 Å². The van der Waals surface area contributed by atoms with Crippen LogP contribution in [-0.4, -0.2) is 19.7 Å². The van der Waals surface area contributed by atoms with Gasteiger partial charge in [-0.2, -0.15) is 8.78 Å². The summed E-state index contributed by atoms with van der Waals surface area (Å²) in [6.07, 6.45) is 0.849. The van der Waals surface area contributed by atoms with E-state index in [2.05, 4.69) is 10.1 Å². The Kier molecular flexibility index (Phi) is 5.86. The molecular weight excluding hydrogens is 226 g/mol. The standard InChI is InChI=1S/C12H18F2N2O/c1-9(16-8-4-7-15)10-5-2-3-6-11(10)17-12(13)14/h2-3,5-6,9,12,16H,4,7-8,15H2,1H3. The lowest BCUT2D eigenvalue weighted by Gasteiger charge is -2.17. The molecule has 0 saturated heterocycles. The van der Waals surface area contributed by atoms with Crippen LogP contribution < -0.4 is 15.8 Å². The fourth-order valence-electron chi connectivity index (χ4n) is 1.57. The lowest BCUT2D eigenvalue weighted by atomic mass is 10.1. The molecule has 0 fully saturated rings. The summed E-state index contributed by atoms with van der Waals surface area (Å²) in [6.45, 7) is 0.465. The van der Waals surface area contributed by atoms with Gasteiger partial charge >= 0.3 is 6.61 Å².